The lowest BCUT2D eigenvalue weighted by Gasteiger charge is -2.13. The fourth-order valence-electron chi connectivity index (χ4n) is 2.24. The Balaban J connectivity index is 1.83. The molecule has 19 heavy (non-hydrogen) atoms. The molecule has 0 N–H and O–H groups in total. The predicted molar refractivity (Wildman–Crippen MR) is 70.9 cm³/mol. The highest BCUT2D eigenvalue weighted by Gasteiger charge is 2.32. The molecule has 1 aromatic rings. The van der Waals surface area contributed by atoms with Gasteiger partial charge in [-0.1, -0.05) is 24.6 Å². The fourth-order valence-corrected chi connectivity index (χ4v) is 2.24. The van der Waals surface area contributed by atoms with Gasteiger partial charge in [-0.25, -0.2) is 4.79 Å². The smallest absolute Gasteiger partial charge is 0.338 e. The van der Waals surface area contributed by atoms with E-state index in [9.17, 15) is 4.79 Å². The van der Waals surface area contributed by atoms with Crippen molar-refractivity contribution in [2.24, 2.45) is 5.92 Å². The van der Waals surface area contributed by atoms with Crippen LogP contribution in [0.1, 0.15) is 29.3 Å². The van der Waals surface area contributed by atoms with Gasteiger partial charge in [-0.3, -0.25) is 0 Å². The van der Waals surface area contributed by atoms with E-state index in [2.05, 4.69) is 6.92 Å². The molecule has 1 saturated heterocycles. The molecule has 1 heterocycles. The number of esters is 1. The molecule has 104 valence electrons. The van der Waals surface area contributed by atoms with Crippen LogP contribution in [0.2, 0.25) is 0 Å². The minimum atomic E-state index is -0.308. The van der Waals surface area contributed by atoms with Gasteiger partial charge in [0, 0.05) is 13.0 Å². The Hall–Kier alpha value is -1.39. The Kier molecular flexibility index (Phi) is 4.56. The van der Waals surface area contributed by atoms with Gasteiger partial charge in [0.1, 0.15) is 6.61 Å². The molecule has 2 rings (SSSR count). The van der Waals surface area contributed by atoms with Crippen molar-refractivity contribution < 1.29 is 19.0 Å². The number of benzene rings is 1. The van der Waals surface area contributed by atoms with Gasteiger partial charge in [0.05, 0.1) is 11.7 Å². The second-order valence-electron chi connectivity index (χ2n) is 5.04. The van der Waals surface area contributed by atoms with E-state index in [-0.39, 0.29) is 25.0 Å². The summed E-state index contributed by atoms with van der Waals surface area (Å²) in [6.07, 6.45) is 0.581. The highest BCUT2D eigenvalue weighted by Crippen LogP contribution is 2.26. The minimum absolute atomic E-state index is 0.0747. The quantitative estimate of drug-likeness (QED) is 0.784. The van der Waals surface area contributed by atoms with E-state index < -0.39 is 0 Å². The molecule has 1 aliphatic heterocycles. The molecule has 0 saturated carbocycles. The van der Waals surface area contributed by atoms with E-state index in [1.165, 1.54) is 0 Å². The summed E-state index contributed by atoms with van der Waals surface area (Å²) in [7, 11) is 1.63. The maximum atomic E-state index is 11.8. The molecule has 0 aromatic heterocycles. The van der Waals surface area contributed by atoms with Gasteiger partial charge in [0.25, 0.3) is 0 Å². The summed E-state index contributed by atoms with van der Waals surface area (Å²) in [6, 6.07) is 7.33. The number of carbonyl (C=O) groups excluding carboxylic acids is 1. The van der Waals surface area contributed by atoms with E-state index in [4.69, 9.17) is 14.2 Å². The van der Waals surface area contributed by atoms with Crippen LogP contribution in [0.25, 0.3) is 0 Å². The Labute approximate surface area is 113 Å². The zero-order valence-electron chi connectivity index (χ0n) is 11.6. The van der Waals surface area contributed by atoms with Gasteiger partial charge < -0.3 is 14.2 Å². The van der Waals surface area contributed by atoms with Crippen molar-refractivity contribution in [3.05, 3.63) is 35.4 Å². The minimum Gasteiger partial charge on any atom is -0.459 e. The molecule has 4 heteroatoms. The molecular weight excluding hydrogens is 244 g/mol. The summed E-state index contributed by atoms with van der Waals surface area (Å²) in [5.41, 5.74) is 1.69. The third-order valence-corrected chi connectivity index (χ3v) is 3.35. The molecule has 4 nitrogen and oxygen atoms in total. The van der Waals surface area contributed by atoms with Gasteiger partial charge in [0.15, 0.2) is 6.29 Å². The lowest BCUT2D eigenvalue weighted by atomic mass is 10.1. The molecule has 1 aliphatic rings. The maximum Gasteiger partial charge on any atom is 0.338 e. The van der Waals surface area contributed by atoms with Gasteiger partial charge in [0.2, 0.25) is 0 Å². The standard InChI is InChI=1S/C15H20O4/c1-10-4-6-12(7-5-10)14(16)18-9-13-8-11(2)15(17-3)19-13/h4-7,11,13,15H,8-9H2,1-3H3/t11-,13-,15?/m0/s1. The number of methoxy groups -OCH3 is 1. The Bertz CT molecular complexity index is 426. The van der Waals surface area contributed by atoms with Gasteiger partial charge >= 0.3 is 5.97 Å². The van der Waals surface area contributed by atoms with Crippen molar-refractivity contribution in [2.75, 3.05) is 13.7 Å². The third kappa shape index (κ3) is 3.55. The van der Waals surface area contributed by atoms with Crippen molar-refractivity contribution in [2.45, 2.75) is 32.7 Å². The van der Waals surface area contributed by atoms with Crippen LogP contribution in [0.5, 0.6) is 0 Å². The van der Waals surface area contributed by atoms with Crippen LogP contribution in [0.15, 0.2) is 24.3 Å². The Morgan fingerprint density at radius 3 is 2.63 bits per heavy atom. The molecule has 0 amide bonds. The van der Waals surface area contributed by atoms with Crippen molar-refractivity contribution in [3.8, 4) is 0 Å². The predicted octanol–water partition coefficient (Wildman–Crippen LogP) is 2.55. The van der Waals surface area contributed by atoms with Crippen LogP contribution in [0.4, 0.5) is 0 Å². The first kappa shape index (κ1) is 14.0. The molecular formula is C15H20O4. The van der Waals surface area contributed by atoms with E-state index >= 15 is 0 Å². The number of hydrogen-bond acceptors (Lipinski definition) is 4. The molecule has 0 aliphatic carbocycles. The highest BCUT2D eigenvalue weighted by atomic mass is 16.7. The summed E-state index contributed by atoms with van der Waals surface area (Å²) in [5, 5.41) is 0. The Morgan fingerprint density at radius 1 is 1.37 bits per heavy atom. The molecule has 3 atom stereocenters. The molecule has 0 spiro atoms. The SMILES string of the molecule is COC1O[C@H](COC(=O)c2ccc(C)cc2)C[C@@H]1C. The van der Waals surface area contributed by atoms with E-state index in [1.807, 2.05) is 19.1 Å². The second-order valence-corrected chi connectivity index (χ2v) is 5.04. The number of aryl methyl sites for hydroxylation is 1. The second kappa shape index (κ2) is 6.17. The zero-order valence-corrected chi connectivity index (χ0v) is 11.6. The fraction of sp³-hybridized carbons (Fsp3) is 0.533. The lowest BCUT2D eigenvalue weighted by molar-refractivity contribution is -0.136. The van der Waals surface area contributed by atoms with Crippen LogP contribution in [-0.2, 0) is 14.2 Å². The van der Waals surface area contributed by atoms with Crippen molar-refractivity contribution in [1.82, 2.24) is 0 Å². The highest BCUT2D eigenvalue weighted by molar-refractivity contribution is 5.89. The third-order valence-electron chi connectivity index (χ3n) is 3.35. The summed E-state index contributed by atoms with van der Waals surface area (Å²) in [5.74, 6) is 0.0187. The number of rotatable bonds is 4. The van der Waals surface area contributed by atoms with Crippen LogP contribution in [0.3, 0.4) is 0 Å². The van der Waals surface area contributed by atoms with Crippen LogP contribution in [-0.4, -0.2) is 32.1 Å². The molecule has 0 bridgehead atoms. The Morgan fingerprint density at radius 2 is 2.05 bits per heavy atom. The van der Waals surface area contributed by atoms with Crippen molar-refractivity contribution >= 4 is 5.97 Å². The van der Waals surface area contributed by atoms with Gasteiger partial charge in [-0.15, -0.1) is 0 Å². The number of carbonyl (C=O) groups is 1. The first-order chi connectivity index (χ1) is 9.10. The van der Waals surface area contributed by atoms with Crippen LogP contribution in [0, 0.1) is 12.8 Å². The van der Waals surface area contributed by atoms with Crippen molar-refractivity contribution in [1.29, 1.82) is 0 Å². The van der Waals surface area contributed by atoms with Crippen LogP contribution < -0.4 is 0 Å². The molecule has 1 fully saturated rings. The summed E-state index contributed by atoms with van der Waals surface area (Å²) >= 11 is 0. The van der Waals surface area contributed by atoms with Crippen molar-refractivity contribution in [3.63, 3.8) is 0 Å². The van der Waals surface area contributed by atoms with Gasteiger partial charge in [-0.2, -0.15) is 0 Å². The topological polar surface area (TPSA) is 44.8 Å². The number of ether oxygens (including phenoxy) is 3. The summed E-state index contributed by atoms with van der Waals surface area (Å²) < 4.78 is 16.1. The molecule has 1 unspecified atom stereocenters. The zero-order chi connectivity index (χ0) is 13.8. The summed E-state index contributed by atoms with van der Waals surface area (Å²) in [4.78, 5) is 11.8. The van der Waals surface area contributed by atoms with Gasteiger partial charge in [-0.05, 0) is 25.5 Å². The average molecular weight is 264 g/mol. The number of hydrogen-bond donors (Lipinski definition) is 0. The maximum absolute atomic E-state index is 11.8. The monoisotopic (exact) mass is 264 g/mol. The van der Waals surface area contributed by atoms with E-state index in [1.54, 1.807) is 19.2 Å². The van der Waals surface area contributed by atoms with E-state index in [0.29, 0.717) is 11.5 Å². The van der Waals surface area contributed by atoms with E-state index in [0.717, 1.165) is 12.0 Å². The largest absolute Gasteiger partial charge is 0.459 e. The first-order valence-corrected chi connectivity index (χ1v) is 6.52. The molecule has 1 aromatic carbocycles. The average Bonchev–Trinajstić information content (AvgIpc) is 2.77. The summed E-state index contributed by atoms with van der Waals surface area (Å²) in [6.45, 7) is 4.32. The molecule has 0 radical (unpaired) electrons. The van der Waals surface area contributed by atoms with Crippen LogP contribution >= 0.6 is 0 Å². The lowest BCUT2D eigenvalue weighted by Crippen LogP contribution is -2.20. The first-order valence-electron chi connectivity index (χ1n) is 6.52. The normalized spacial score (nSPS) is 26.4.